The van der Waals surface area contributed by atoms with Crippen LogP contribution in [0.3, 0.4) is 0 Å². The molecule has 0 aromatic carbocycles. The van der Waals surface area contributed by atoms with Gasteiger partial charge in [-0.05, 0) is 80.0 Å². The minimum atomic E-state index is 0.526. The Balaban J connectivity index is 1.62. The number of hydrogen-bond acceptors (Lipinski definition) is 1. The molecule has 5 aliphatic carbocycles. The van der Waals surface area contributed by atoms with E-state index in [1.54, 1.807) is 38.5 Å². The van der Waals surface area contributed by atoms with Gasteiger partial charge in [0.1, 0.15) is 0 Å². The van der Waals surface area contributed by atoms with Crippen molar-refractivity contribution < 1.29 is 0 Å². The molecule has 3 atom stereocenters. The molecule has 0 saturated heterocycles. The predicted molar refractivity (Wildman–Crippen MR) is 65.9 cm³/mol. The van der Waals surface area contributed by atoms with Gasteiger partial charge in [0.25, 0.3) is 0 Å². The fourth-order valence-corrected chi connectivity index (χ4v) is 6.26. The second kappa shape index (κ2) is 3.04. The molecule has 0 amide bonds. The summed E-state index contributed by atoms with van der Waals surface area (Å²) in [6.07, 6.45) is 10.8. The summed E-state index contributed by atoms with van der Waals surface area (Å²) in [6.45, 7) is 2.41. The van der Waals surface area contributed by atoms with Gasteiger partial charge >= 0.3 is 0 Å². The zero-order valence-corrected chi connectivity index (χ0v) is 10.5. The van der Waals surface area contributed by atoms with Crippen LogP contribution in [-0.4, -0.2) is 6.04 Å². The summed E-state index contributed by atoms with van der Waals surface area (Å²) in [5.74, 6) is 5.13. The van der Waals surface area contributed by atoms with Crippen LogP contribution in [0.5, 0.6) is 0 Å². The van der Waals surface area contributed by atoms with Crippen LogP contribution in [0.2, 0.25) is 0 Å². The Kier molecular flexibility index (Phi) is 1.89. The molecule has 1 heteroatoms. The lowest BCUT2D eigenvalue weighted by molar-refractivity contribution is -0.129. The van der Waals surface area contributed by atoms with Gasteiger partial charge in [-0.25, -0.2) is 0 Å². The lowest BCUT2D eigenvalue weighted by Crippen LogP contribution is -2.58. The van der Waals surface area contributed by atoms with Crippen molar-refractivity contribution in [3.63, 3.8) is 0 Å². The number of hydrogen-bond donors (Lipinski definition) is 1. The predicted octanol–water partition coefficient (Wildman–Crippen LogP) is 3.19. The topological polar surface area (TPSA) is 26.0 Å². The highest BCUT2D eigenvalue weighted by Crippen LogP contribution is 2.66. The Morgan fingerprint density at radius 2 is 1.38 bits per heavy atom. The van der Waals surface area contributed by atoms with Crippen molar-refractivity contribution in [3.8, 4) is 0 Å². The molecule has 16 heavy (non-hydrogen) atoms. The van der Waals surface area contributed by atoms with E-state index in [4.69, 9.17) is 5.73 Å². The first-order valence-electron chi connectivity index (χ1n) is 7.42. The Morgan fingerprint density at radius 3 is 1.75 bits per heavy atom. The van der Waals surface area contributed by atoms with E-state index in [2.05, 4.69) is 6.92 Å². The van der Waals surface area contributed by atoms with Crippen LogP contribution < -0.4 is 5.73 Å². The van der Waals surface area contributed by atoms with Gasteiger partial charge < -0.3 is 5.73 Å². The Labute approximate surface area is 99.2 Å². The lowest BCUT2D eigenvalue weighted by atomic mass is 9.42. The molecule has 1 nitrogen and oxygen atoms in total. The van der Waals surface area contributed by atoms with Crippen molar-refractivity contribution in [2.75, 3.05) is 0 Å². The maximum atomic E-state index is 6.13. The van der Waals surface area contributed by atoms with E-state index in [-0.39, 0.29) is 0 Å². The molecule has 90 valence electrons. The molecular weight excluding hydrogens is 194 g/mol. The minimum Gasteiger partial charge on any atom is -0.327 e. The normalized spacial score (nSPS) is 63.4. The summed E-state index contributed by atoms with van der Waals surface area (Å²) in [7, 11) is 0. The van der Waals surface area contributed by atoms with Crippen LogP contribution in [0.25, 0.3) is 0 Å². The van der Waals surface area contributed by atoms with Crippen molar-refractivity contribution in [3.05, 3.63) is 0 Å². The van der Waals surface area contributed by atoms with E-state index in [0.29, 0.717) is 6.04 Å². The van der Waals surface area contributed by atoms with Gasteiger partial charge in [0.2, 0.25) is 0 Å². The SMILES string of the molecule is CC1C(N)CC1C12CC3CC(CC(C3)C1)C2. The highest BCUT2D eigenvalue weighted by Gasteiger charge is 2.58. The van der Waals surface area contributed by atoms with Gasteiger partial charge in [0, 0.05) is 6.04 Å². The van der Waals surface area contributed by atoms with Crippen molar-refractivity contribution in [2.45, 2.75) is 57.9 Å². The first-order valence-corrected chi connectivity index (χ1v) is 7.42. The molecular formula is C15H25N. The summed E-state index contributed by atoms with van der Waals surface area (Å²) in [5.41, 5.74) is 6.90. The second-order valence-corrected chi connectivity index (χ2v) is 7.65. The van der Waals surface area contributed by atoms with E-state index >= 15 is 0 Å². The van der Waals surface area contributed by atoms with Gasteiger partial charge in [0.05, 0.1) is 0 Å². The van der Waals surface area contributed by atoms with E-state index in [1.807, 2.05) is 0 Å². The van der Waals surface area contributed by atoms with E-state index in [0.717, 1.165) is 35.0 Å². The third kappa shape index (κ3) is 1.16. The molecule has 0 heterocycles. The van der Waals surface area contributed by atoms with Gasteiger partial charge in [-0.1, -0.05) is 6.92 Å². The molecule has 3 unspecified atom stereocenters. The highest BCUT2D eigenvalue weighted by atomic mass is 14.7. The van der Waals surface area contributed by atoms with Gasteiger partial charge in [0.15, 0.2) is 0 Å². The first-order chi connectivity index (χ1) is 7.66. The van der Waals surface area contributed by atoms with Gasteiger partial charge in [-0.2, -0.15) is 0 Å². The molecule has 0 radical (unpaired) electrons. The standard InChI is InChI=1S/C15H25N/c1-9-13(5-14(9)16)15-6-10-2-11(7-15)4-12(3-10)8-15/h9-14H,2-8,16H2,1H3. The smallest absolute Gasteiger partial charge is 0.00703 e. The number of nitrogens with two attached hydrogens (primary N) is 1. The summed E-state index contributed by atoms with van der Waals surface area (Å²) < 4.78 is 0. The van der Waals surface area contributed by atoms with Crippen LogP contribution in [0, 0.1) is 35.0 Å². The fourth-order valence-electron chi connectivity index (χ4n) is 6.26. The molecule has 5 saturated carbocycles. The fraction of sp³-hybridized carbons (Fsp3) is 1.00. The summed E-state index contributed by atoms with van der Waals surface area (Å²) in [6, 6.07) is 0.526. The second-order valence-electron chi connectivity index (χ2n) is 7.65. The molecule has 5 fully saturated rings. The van der Waals surface area contributed by atoms with Crippen molar-refractivity contribution in [2.24, 2.45) is 40.7 Å². The van der Waals surface area contributed by atoms with Gasteiger partial charge in [-0.15, -0.1) is 0 Å². The van der Waals surface area contributed by atoms with Crippen LogP contribution in [0.15, 0.2) is 0 Å². The van der Waals surface area contributed by atoms with Crippen LogP contribution in [0.4, 0.5) is 0 Å². The molecule has 0 aromatic rings. The molecule has 0 aliphatic heterocycles. The Hall–Kier alpha value is -0.0400. The zero-order valence-electron chi connectivity index (χ0n) is 10.5. The van der Waals surface area contributed by atoms with E-state index in [1.165, 1.54) is 6.42 Å². The van der Waals surface area contributed by atoms with E-state index in [9.17, 15) is 0 Å². The molecule has 0 aromatic heterocycles. The van der Waals surface area contributed by atoms with E-state index < -0.39 is 0 Å². The first kappa shape index (κ1) is 9.94. The average molecular weight is 219 g/mol. The Morgan fingerprint density at radius 1 is 0.875 bits per heavy atom. The largest absolute Gasteiger partial charge is 0.327 e. The quantitative estimate of drug-likeness (QED) is 0.720. The summed E-state index contributed by atoms with van der Waals surface area (Å²) in [4.78, 5) is 0. The molecule has 4 bridgehead atoms. The van der Waals surface area contributed by atoms with Crippen LogP contribution >= 0.6 is 0 Å². The number of rotatable bonds is 1. The van der Waals surface area contributed by atoms with Gasteiger partial charge in [-0.3, -0.25) is 0 Å². The molecule has 2 N–H and O–H groups in total. The maximum absolute atomic E-state index is 6.13. The van der Waals surface area contributed by atoms with Crippen molar-refractivity contribution in [1.29, 1.82) is 0 Å². The highest BCUT2D eigenvalue weighted by molar-refractivity contribution is 5.09. The summed E-state index contributed by atoms with van der Waals surface area (Å²) >= 11 is 0. The van der Waals surface area contributed by atoms with Crippen molar-refractivity contribution in [1.82, 2.24) is 0 Å². The lowest BCUT2D eigenvalue weighted by Gasteiger charge is -2.64. The molecule has 0 spiro atoms. The molecule has 5 aliphatic rings. The minimum absolute atomic E-state index is 0.526. The Bertz CT molecular complexity index is 273. The van der Waals surface area contributed by atoms with Crippen LogP contribution in [-0.2, 0) is 0 Å². The third-order valence-corrected chi connectivity index (χ3v) is 6.71. The monoisotopic (exact) mass is 219 g/mol. The molecule has 5 rings (SSSR count). The third-order valence-electron chi connectivity index (χ3n) is 6.71. The van der Waals surface area contributed by atoms with Crippen LogP contribution in [0.1, 0.15) is 51.9 Å². The van der Waals surface area contributed by atoms with Crippen molar-refractivity contribution >= 4 is 0 Å². The zero-order chi connectivity index (χ0) is 10.9. The maximum Gasteiger partial charge on any atom is 0.00703 e. The summed E-state index contributed by atoms with van der Waals surface area (Å²) in [5, 5.41) is 0. The average Bonchev–Trinajstić information content (AvgIpc) is 2.23.